The predicted molar refractivity (Wildman–Crippen MR) is 97.7 cm³/mol. The van der Waals surface area contributed by atoms with Gasteiger partial charge in [-0.15, -0.1) is 10.2 Å². The summed E-state index contributed by atoms with van der Waals surface area (Å²) >= 11 is 2.21. The van der Waals surface area contributed by atoms with Gasteiger partial charge in [0, 0.05) is 5.69 Å². The first kappa shape index (κ1) is 20.1. The second kappa shape index (κ2) is 8.93. The van der Waals surface area contributed by atoms with E-state index < -0.39 is 16.1 Å². The molecule has 1 heterocycles. The monoisotopic (exact) mass is 417 g/mol. The Hall–Kier alpha value is -2.22. The summed E-state index contributed by atoms with van der Waals surface area (Å²) in [5.41, 5.74) is 0.309. The van der Waals surface area contributed by atoms with E-state index in [2.05, 4.69) is 20.8 Å². The molecule has 0 aliphatic carbocycles. The molecule has 4 N–H and O–H groups in total. The Morgan fingerprint density at radius 3 is 2.77 bits per heavy atom. The van der Waals surface area contributed by atoms with Gasteiger partial charge in [0.25, 0.3) is 0 Å². The van der Waals surface area contributed by atoms with Crippen LogP contribution in [0.5, 0.6) is 0 Å². The van der Waals surface area contributed by atoms with Gasteiger partial charge in [-0.2, -0.15) is 0 Å². The predicted octanol–water partition coefficient (Wildman–Crippen LogP) is 1.48. The summed E-state index contributed by atoms with van der Waals surface area (Å²) in [5.74, 6) is -0.343. The number of carbonyl (C=O) groups excluding carboxylic acids is 2. The maximum absolute atomic E-state index is 12.0. The van der Waals surface area contributed by atoms with Crippen molar-refractivity contribution in [3.63, 3.8) is 0 Å². The first-order chi connectivity index (χ1) is 12.3. The molecular weight excluding hydrogens is 402 g/mol. The lowest BCUT2D eigenvalue weighted by molar-refractivity contribution is -0.113. The molecule has 26 heavy (non-hydrogen) atoms. The van der Waals surface area contributed by atoms with Gasteiger partial charge in [0.15, 0.2) is 4.34 Å². The molecule has 0 saturated carbocycles. The number of benzene rings is 1. The largest absolute Gasteiger partial charge is 0.450 e. The zero-order valence-corrected chi connectivity index (χ0v) is 15.9. The highest BCUT2D eigenvalue weighted by Gasteiger charge is 2.12. The molecule has 0 fully saturated rings. The molecule has 0 spiro atoms. The number of thioether (sulfide) groups is 1. The van der Waals surface area contributed by atoms with Gasteiger partial charge < -0.3 is 10.1 Å². The van der Waals surface area contributed by atoms with Crippen molar-refractivity contribution in [1.82, 2.24) is 10.2 Å². The van der Waals surface area contributed by atoms with E-state index in [0.717, 1.165) is 23.1 Å². The number of hydrogen-bond donors (Lipinski definition) is 3. The molecule has 2 amide bonds. The number of carbonyl (C=O) groups is 2. The number of sulfonamides is 1. The van der Waals surface area contributed by atoms with Crippen LogP contribution in [-0.4, -0.2) is 43.0 Å². The molecule has 0 bridgehead atoms. The number of amides is 2. The Morgan fingerprint density at radius 1 is 1.31 bits per heavy atom. The molecule has 1 aromatic heterocycles. The average molecular weight is 417 g/mol. The van der Waals surface area contributed by atoms with E-state index in [0.29, 0.717) is 10.0 Å². The molecule has 0 atom stereocenters. The zero-order valence-electron chi connectivity index (χ0n) is 13.5. The number of nitrogens with two attached hydrogens (primary N) is 1. The van der Waals surface area contributed by atoms with Crippen LogP contribution in [0.3, 0.4) is 0 Å². The number of anilines is 2. The highest BCUT2D eigenvalue weighted by molar-refractivity contribution is 8.01. The van der Waals surface area contributed by atoms with E-state index in [-0.39, 0.29) is 28.3 Å². The summed E-state index contributed by atoms with van der Waals surface area (Å²) in [6.07, 6.45) is -0.632. The van der Waals surface area contributed by atoms with Gasteiger partial charge in [-0.05, 0) is 25.1 Å². The summed E-state index contributed by atoms with van der Waals surface area (Å²) < 4.78 is 27.8. The van der Waals surface area contributed by atoms with Crippen LogP contribution >= 0.6 is 23.1 Å². The molecule has 0 aliphatic heterocycles. The molecular formula is C13H15N5O5S3. The van der Waals surface area contributed by atoms with Crippen LogP contribution in [0, 0.1) is 0 Å². The zero-order chi connectivity index (χ0) is 19.2. The summed E-state index contributed by atoms with van der Waals surface area (Å²) in [4.78, 5) is 23.1. The molecule has 1 aromatic carbocycles. The lowest BCUT2D eigenvalue weighted by atomic mass is 10.3. The van der Waals surface area contributed by atoms with E-state index >= 15 is 0 Å². The van der Waals surface area contributed by atoms with Gasteiger partial charge in [0.2, 0.25) is 21.1 Å². The highest BCUT2D eigenvalue weighted by Crippen LogP contribution is 2.25. The number of nitrogens with zero attached hydrogens (tertiary/aromatic N) is 2. The molecule has 0 radical (unpaired) electrons. The lowest BCUT2D eigenvalue weighted by Gasteiger charge is -2.05. The minimum absolute atomic E-state index is 0.0215. The normalized spacial score (nSPS) is 11.0. The second-order valence-electron chi connectivity index (χ2n) is 4.63. The number of primary sulfonamides is 1. The molecule has 0 saturated heterocycles. The quantitative estimate of drug-likeness (QED) is 0.452. The molecule has 10 nitrogen and oxygen atoms in total. The summed E-state index contributed by atoms with van der Waals surface area (Å²) in [7, 11) is -3.85. The minimum atomic E-state index is -3.85. The Kier molecular flexibility index (Phi) is 6.90. The first-order valence-corrected chi connectivity index (χ1v) is 10.5. The fourth-order valence-electron chi connectivity index (χ4n) is 1.65. The summed E-state index contributed by atoms with van der Waals surface area (Å²) in [6.45, 7) is 1.91. The van der Waals surface area contributed by atoms with E-state index in [4.69, 9.17) is 9.88 Å². The number of hydrogen-bond acceptors (Lipinski definition) is 9. The Balaban J connectivity index is 1.88. The van der Waals surface area contributed by atoms with Crippen molar-refractivity contribution >= 4 is 55.9 Å². The first-order valence-electron chi connectivity index (χ1n) is 7.10. The van der Waals surface area contributed by atoms with Crippen molar-refractivity contribution in [2.24, 2.45) is 5.14 Å². The third-order valence-electron chi connectivity index (χ3n) is 2.66. The molecule has 0 unspecified atom stereocenters. The van der Waals surface area contributed by atoms with Gasteiger partial charge >= 0.3 is 6.09 Å². The number of nitrogens with one attached hydrogen (secondary N) is 2. The van der Waals surface area contributed by atoms with Crippen LogP contribution in [0.15, 0.2) is 33.5 Å². The fourth-order valence-corrected chi connectivity index (χ4v) is 3.75. The van der Waals surface area contributed by atoms with Gasteiger partial charge in [-0.1, -0.05) is 29.2 Å². The maximum Gasteiger partial charge on any atom is 0.413 e. The Morgan fingerprint density at radius 2 is 2.08 bits per heavy atom. The van der Waals surface area contributed by atoms with Crippen LogP contribution in [-0.2, 0) is 19.6 Å². The van der Waals surface area contributed by atoms with Gasteiger partial charge in [-0.25, -0.2) is 18.4 Å². The van der Waals surface area contributed by atoms with Crippen molar-refractivity contribution in [3.05, 3.63) is 24.3 Å². The van der Waals surface area contributed by atoms with Crippen molar-refractivity contribution in [2.45, 2.75) is 16.2 Å². The SMILES string of the molecule is CCOC(=O)Nc1nnc(SCC(=O)Nc2cccc(S(N)(=O)=O)c2)s1. The molecule has 13 heteroatoms. The third kappa shape index (κ3) is 6.25. The van der Waals surface area contributed by atoms with Crippen molar-refractivity contribution in [2.75, 3.05) is 23.0 Å². The van der Waals surface area contributed by atoms with Crippen molar-refractivity contribution in [1.29, 1.82) is 0 Å². The Bertz CT molecular complexity index is 899. The van der Waals surface area contributed by atoms with Crippen LogP contribution in [0.25, 0.3) is 0 Å². The van der Waals surface area contributed by atoms with Crippen LogP contribution in [0.2, 0.25) is 0 Å². The van der Waals surface area contributed by atoms with E-state index in [1.165, 1.54) is 18.2 Å². The van der Waals surface area contributed by atoms with E-state index in [9.17, 15) is 18.0 Å². The molecule has 2 aromatic rings. The van der Waals surface area contributed by atoms with Crippen LogP contribution in [0.4, 0.5) is 15.6 Å². The van der Waals surface area contributed by atoms with Crippen molar-refractivity contribution < 1.29 is 22.7 Å². The van der Waals surface area contributed by atoms with Gasteiger partial charge in [0.1, 0.15) is 0 Å². The summed E-state index contributed by atoms with van der Waals surface area (Å²) in [6, 6.07) is 5.62. The van der Waals surface area contributed by atoms with Crippen LogP contribution in [0.1, 0.15) is 6.92 Å². The van der Waals surface area contributed by atoms with Crippen molar-refractivity contribution in [3.8, 4) is 0 Å². The number of aromatic nitrogens is 2. The van der Waals surface area contributed by atoms with E-state index in [1.54, 1.807) is 13.0 Å². The molecule has 2 rings (SSSR count). The average Bonchev–Trinajstić information content (AvgIpc) is 3.00. The smallest absolute Gasteiger partial charge is 0.413 e. The topological polar surface area (TPSA) is 153 Å². The lowest BCUT2D eigenvalue weighted by Crippen LogP contribution is -2.16. The third-order valence-corrected chi connectivity index (χ3v) is 5.55. The minimum Gasteiger partial charge on any atom is -0.450 e. The molecule has 0 aliphatic rings. The highest BCUT2D eigenvalue weighted by atomic mass is 32.2. The Labute approximate surface area is 157 Å². The van der Waals surface area contributed by atoms with E-state index in [1.807, 2.05) is 0 Å². The fraction of sp³-hybridized carbons (Fsp3) is 0.231. The number of rotatable bonds is 7. The summed E-state index contributed by atoms with van der Waals surface area (Å²) in [5, 5.41) is 17.9. The van der Waals surface area contributed by atoms with Gasteiger partial charge in [-0.3, -0.25) is 10.1 Å². The van der Waals surface area contributed by atoms with Crippen LogP contribution < -0.4 is 15.8 Å². The molecule has 140 valence electrons. The maximum atomic E-state index is 12.0. The van der Waals surface area contributed by atoms with Gasteiger partial charge in [0.05, 0.1) is 17.3 Å². The standard InChI is InChI=1S/C13H15N5O5S3/c1-2-23-12(20)16-11-17-18-13(25-11)24-7-10(19)15-8-4-3-5-9(6-8)26(14,21)22/h3-6H,2,7H2,1H3,(H,15,19)(H2,14,21,22)(H,16,17,20). The number of ether oxygens (including phenoxy) is 1. The second-order valence-corrected chi connectivity index (χ2v) is 8.39.